The predicted octanol–water partition coefficient (Wildman–Crippen LogP) is 3.20. The highest BCUT2D eigenvalue weighted by atomic mass is 32.1. The standard InChI is InChI=1S/C23H29N3O2S/c1-4-18-12-13-20-21(16-18)29-23(24-20)26(15-14-25(5-2)6-3)22(27)17-28-19-10-8-7-9-11-19/h7-13,16H,4-6,14-15,17H2,1-3H3/p+1. The van der Waals surface area contributed by atoms with Crippen LogP contribution in [0.3, 0.4) is 0 Å². The first-order valence-corrected chi connectivity index (χ1v) is 11.2. The maximum atomic E-state index is 13.1. The van der Waals surface area contributed by atoms with E-state index in [1.165, 1.54) is 10.5 Å². The predicted molar refractivity (Wildman–Crippen MR) is 120 cm³/mol. The minimum atomic E-state index is -0.0600. The number of aryl methyl sites for hydroxylation is 1. The van der Waals surface area contributed by atoms with Gasteiger partial charge in [-0.25, -0.2) is 4.98 Å². The van der Waals surface area contributed by atoms with Gasteiger partial charge in [0, 0.05) is 0 Å². The first kappa shape index (κ1) is 21.3. The van der Waals surface area contributed by atoms with Gasteiger partial charge < -0.3 is 9.64 Å². The van der Waals surface area contributed by atoms with Gasteiger partial charge in [-0.05, 0) is 50.1 Å². The number of thiazole rings is 1. The van der Waals surface area contributed by atoms with Crippen molar-refractivity contribution in [2.75, 3.05) is 37.7 Å². The van der Waals surface area contributed by atoms with Crippen LogP contribution in [-0.4, -0.2) is 43.7 Å². The number of nitrogens with one attached hydrogen (secondary N) is 1. The minimum absolute atomic E-state index is 0.00767. The van der Waals surface area contributed by atoms with E-state index in [1.807, 2.05) is 36.4 Å². The Kier molecular flexibility index (Phi) is 7.61. The molecule has 0 aliphatic heterocycles. The number of ether oxygens (including phenoxy) is 1. The number of quaternary nitrogens is 1. The second-order valence-corrected chi connectivity index (χ2v) is 8.02. The summed E-state index contributed by atoms with van der Waals surface area (Å²) in [5, 5.41) is 0.751. The molecule has 1 amide bonds. The van der Waals surface area contributed by atoms with E-state index >= 15 is 0 Å². The van der Waals surface area contributed by atoms with Crippen molar-refractivity contribution in [3.8, 4) is 5.75 Å². The molecular formula is C23H30N3O2S+. The fourth-order valence-electron chi connectivity index (χ4n) is 3.23. The van der Waals surface area contributed by atoms with Crippen LogP contribution < -0.4 is 14.5 Å². The molecule has 0 fully saturated rings. The third-order valence-corrected chi connectivity index (χ3v) is 6.22. The third-order valence-electron chi connectivity index (χ3n) is 5.18. The lowest BCUT2D eigenvalue weighted by atomic mass is 10.2. The molecule has 1 aromatic heterocycles. The molecule has 2 aromatic carbocycles. The largest absolute Gasteiger partial charge is 0.484 e. The molecule has 0 aliphatic carbocycles. The maximum absolute atomic E-state index is 13.1. The summed E-state index contributed by atoms with van der Waals surface area (Å²) < 4.78 is 6.84. The van der Waals surface area contributed by atoms with Crippen molar-refractivity contribution in [3.63, 3.8) is 0 Å². The molecule has 0 saturated heterocycles. The summed E-state index contributed by atoms with van der Waals surface area (Å²) >= 11 is 1.58. The molecule has 1 heterocycles. The molecular weight excluding hydrogens is 382 g/mol. The Labute approximate surface area is 176 Å². The third kappa shape index (κ3) is 5.55. The summed E-state index contributed by atoms with van der Waals surface area (Å²) in [6.07, 6.45) is 0.988. The van der Waals surface area contributed by atoms with Crippen LogP contribution in [0.1, 0.15) is 26.3 Å². The van der Waals surface area contributed by atoms with Gasteiger partial charge in [-0.3, -0.25) is 9.69 Å². The molecule has 0 atom stereocenters. The lowest BCUT2D eigenvalue weighted by Crippen LogP contribution is -3.12. The van der Waals surface area contributed by atoms with Crippen LogP contribution in [0.25, 0.3) is 10.2 Å². The van der Waals surface area contributed by atoms with E-state index in [2.05, 4.69) is 32.9 Å². The molecule has 1 N–H and O–H groups in total. The van der Waals surface area contributed by atoms with E-state index in [0.717, 1.165) is 41.4 Å². The molecule has 0 unspecified atom stereocenters. The number of carbonyl (C=O) groups excluding carboxylic acids is 1. The number of rotatable bonds is 10. The van der Waals surface area contributed by atoms with Crippen LogP contribution in [0.4, 0.5) is 5.13 Å². The number of benzene rings is 2. The Hall–Kier alpha value is -2.44. The molecule has 5 nitrogen and oxygen atoms in total. The average molecular weight is 413 g/mol. The van der Waals surface area contributed by atoms with Gasteiger partial charge in [0.25, 0.3) is 5.91 Å². The minimum Gasteiger partial charge on any atom is -0.484 e. The molecule has 6 heteroatoms. The normalized spacial score (nSPS) is 11.2. The number of carbonyl (C=O) groups is 1. The average Bonchev–Trinajstić information content (AvgIpc) is 3.18. The quantitative estimate of drug-likeness (QED) is 0.556. The summed E-state index contributed by atoms with van der Waals surface area (Å²) in [6.45, 7) is 10.1. The SMILES string of the molecule is CCc1ccc2nc(N(CC[NH+](CC)CC)C(=O)COc3ccccc3)sc2c1. The summed E-state index contributed by atoms with van der Waals surface area (Å²) in [7, 11) is 0. The number of hydrogen-bond acceptors (Lipinski definition) is 4. The summed E-state index contributed by atoms with van der Waals surface area (Å²) in [6, 6.07) is 15.8. The van der Waals surface area contributed by atoms with E-state index < -0.39 is 0 Å². The lowest BCUT2D eigenvalue weighted by molar-refractivity contribution is -0.894. The Morgan fingerprint density at radius 2 is 1.86 bits per heavy atom. The number of amides is 1. The van der Waals surface area contributed by atoms with Gasteiger partial charge in [0.2, 0.25) is 0 Å². The van der Waals surface area contributed by atoms with Gasteiger partial charge in [0.15, 0.2) is 11.7 Å². The zero-order chi connectivity index (χ0) is 20.6. The lowest BCUT2D eigenvalue weighted by Gasteiger charge is -2.23. The highest BCUT2D eigenvalue weighted by Crippen LogP contribution is 2.29. The number of anilines is 1. The Bertz CT molecular complexity index is 922. The Morgan fingerprint density at radius 3 is 2.55 bits per heavy atom. The second-order valence-electron chi connectivity index (χ2n) is 7.01. The van der Waals surface area contributed by atoms with Gasteiger partial charge in [-0.1, -0.05) is 42.5 Å². The van der Waals surface area contributed by atoms with Crippen molar-refractivity contribution in [3.05, 3.63) is 54.1 Å². The highest BCUT2D eigenvalue weighted by molar-refractivity contribution is 7.22. The van der Waals surface area contributed by atoms with E-state index in [9.17, 15) is 4.79 Å². The van der Waals surface area contributed by atoms with Crippen molar-refractivity contribution in [1.82, 2.24) is 4.98 Å². The van der Waals surface area contributed by atoms with E-state index in [4.69, 9.17) is 9.72 Å². The van der Waals surface area contributed by atoms with Crippen molar-refractivity contribution < 1.29 is 14.4 Å². The van der Waals surface area contributed by atoms with Crippen LogP contribution >= 0.6 is 11.3 Å². The van der Waals surface area contributed by atoms with Gasteiger partial charge in [-0.2, -0.15) is 0 Å². The van der Waals surface area contributed by atoms with Crippen LogP contribution in [0.15, 0.2) is 48.5 Å². The van der Waals surface area contributed by atoms with Gasteiger partial charge >= 0.3 is 0 Å². The Morgan fingerprint density at radius 1 is 1.10 bits per heavy atom. The van der Waals surface area contributed by atoms with Crippen molar-refractivity contribution in [2.45, 2.75) is 27.2 Å². The molecule has 3 aromatic rings. The molecule has 0 aliphatic rings. The number of para-hydroxylation sites is 1. The first-order valence-electron chi connectivity index (χ1n) is 10.4. The van der Waals surface area contributed by atoms with E-state index in [0.29, 0.717) is 12.3 Å². The van der Waals surface area contributed by atoms with Gasteiger partial charge in [0.05, 0.1) is 36.4 Å². The summed E-state index contributed by atoms with van der Waals surface area (Å²) in [5.41, 5.74) is 2.23. The maximum Gasteiger partial charge on any atom is 0.266 e. The molecule has 0 spiro atoms. The Balaban J connectivity index is 1.80. The number of likely N-dealkylation sites (N-methyl/N-ethyl adjacent to an activating group) is 1. The molecule has 0 bridgehead atoms. The molecule has 154 valence electrons. The topological polar surface area (TPSA) is 46.9 Å². The molecule has 0 radical (unpaired) electrons. The van der Waals surface area contributed by atoms with Gasteiger partial charge in [0.1, 0.15) is 5.75 Å². The second kappa shape index (κ2) is 10.4. The molecule has 3 rings (SSSR count). The molecule has 0 saturated carbocycles. The summed E-state index contributed by atoms with van der Waals surface area (Å²) in [5.74, 6) is 0.641. The smallest absolute Gasteiger partial charge is 0.266 e. The fourth-order valence-corrected chi connectivity index (χ4v) is 4.30. The van der Waals surface area contributed by atoms with Crippen molar-refractivity contribution >= 4 is 32.6 Å². The zero-order valence-corrected chi connectivity index (χ0v) is 18.3. The van der Waals surface area contributed by atoms with Crippen molar-refractivity contribution in [1.29, 1.82) is 0 Å². The van der Waals surface area contributed by atoms with Crippen LogP contribution in [0, 0.1) is 0 Å². The number of fused-ring (bicyclic) bond motifs is 1. The monoisotopic (exact) mass is 412 g/mol. The molecule has 29 heavy (non-hydrogen) atoms. The highest BCUT2D eigenvalue weighted by Gasteiger charge is 2.22. The van der Waals surface area contributed by atoms with E-state index in [1.54, 1.807) is 16.2 Å². The van der Waals surface area contributed by atoms with Crippen LogP contribution in [-0.2, 0) is 11.2 Å². The van der Waals surface area contributed by atoms with Gasteiger partial charge in [-0.15, -0.1) is 0 Å². The zero-order valence-electron chi connectivity index (χ0n) is 17.5. The number of aromatic nitrogens is 1. The summed E-state index contributed by atoms with van der Waals surface area (Å²) in [4.78, 5) is 21.1. The van der Waals surface area contributed by atoms with Crippen LogP contribution in [0.2, 0.25) is 0 Å². The first-order chi connectivity index (χ1) is 14.1. The van der Waals surface area contributed by atoms with Crippen LogP contribution in [0.5, 0.6) is 5.75 Å². The van der Waals surface area contributed by atoms with E-state index in [-0.39, 0.29) is 12.5 Å². The number of hydrogen-bond donors (Lipinski definition) is 1. The fraction of sp³-hybridized carbons (Fsp3) is 0.391. The number of nitrogens with zero attached hydrogens (tertiary/aromatic N) is 2. The van der Waals surface area contributed by atoms with Crippen molar-refractivity contribution in [2.24, 2.45) is 0 Å².